The molecule has 1 aromatic heterocycles. The molecule has 7 heteroatoms. The molecular weight excluding hydrogens is 345 g/mol. The fourth-order valence-electron chi connectivity index (χ4n) is 3.22. The summed E-state index contributed by atoms with van der Waals surface area (Å²) in [6.07, 6.45) is 2.02. The Balaban J connectivity index is 1.69. The molecule has 24 heavy (non-hydrogen) atoms. The third kappa shape index (κ3) is 3.75. The smallest absolute Gasteiger partial charge is 0.147 e. The zero-order valence-corrected chi connectivity index (χ0v) is 15.6. The number of nitrogens with zero attached hydrogens (tertiary/aromatic N) is 4. The van der Waals surface area contributed by atoms with E-state index in [2.05, 4.69) is 33.6 Å². The standard InChI is InChI=1S/C17H23Cl2N5/c1-3-24-16(21-22-17(24)12-6-14(20)7-12)10-23(2)9-11-4-5-13(18)8-15(11)19/h4-5,8,12,14H,3,6-7,9-10,20H2,1-2H3. The van der Waals surface area contributed by atoms with Gasteiger partial charge in [-0.05, 0) is 44.5 Å². The molecule has 0 bridgehead atoms. The molecule has 1 heterocycles. The fourth-order valence-corrected chi connectivity index (χ4v) is 3.69. The molecule has 0 spiro atoms. The van der Waals surface area contributed by atoms with Gasteiger partial charge in [-0.2, -0.15) is 0 Å². The van der Waals surface area contributed by atoms with Gasteiger partial charge in [-0.15, -0.1) is 10.2 Å². The van der Waals surface area contributed by atoms with E-state index in [0.29, 0.717) is 22.0 Å². The van der Waals surface area contributed by atoms with Gasteiger partial charge in [0.25, 0.3) is 0 Å². The van der Waals surface area contributed by atoms with Gasteiger partial charge in [0.2, 0.25) is 0 Å². The number of benzene rings is 1. The Morgan fingerprint density at radius 1 is 1.25 bits per heavy atom. The van der Waals surface area contributed by atoms with Crippen LogP contribution in [0, 0.1) is 0 Å². The van der Waals surface area contributed by atoms with E-state index in [-0.39, 0.29) is 0 Å². The van der Waals surface area contributed by atoms with Crippen molar-refractivity contribution in [2.24, 2.45) is 5.73 Å². The summed E-state index contributed by atoms with van der Waals surface area (Å²) in [6.45, 7) is 4.46. The average molecular weight is 368 g/mol. The maximum Gasteiger partial charge on any atom is 0.147 e. The summed E-state index contributed by atoms with van der Waals surface area (Å²) >= 11 is 12.2. The summed E-state index contributed by atoms with van der Waals surface area (Å²) in [5, 5.41) is 10.2. The van der Waals surface area contributed by atoms with Crippen molar-refractivity contribution in [1.82, 2.24) is 19.7 Å². The van der Waals surface area contributed by atoms with E-state index < -0.39 is 0 Å². The van der Waals surface area contributed by atoms with Crippen LogP contribution in [-0.4, -0.2) is 32.8 Å². The molecule has 1 aromatic carbocycles. The zero-order chi connectivity index (χ0) is 17.3. The Bertz CT molecular complexity index is 709. The molecule has 1 aliphatic carbocycles. The third-order valence-electron chi connectivity index (χ3n) is 4.58. The van der Waals surface area contributed by atoms with Gasteiger partial charge in [0, 0.05) is 35.1 Å². The molecule has 0 saturated heterocycles. The second kappa shape index (κ2) is 7.40. The molecule has 3 rings (SSSR count). The SMILES string of the molecule is CCn1c(CN(C)Cc2ccc(Cl)cc2Cl)nnc1C1CC(N)C1. The van der Waals surface area contributed by atoms with E-state index in [4.69, 9.17) is 28.9 Å². The summed E-state index contributed by atoms with van der Waals surface area (Å²) in [5.41, 5.74) is 6.96. The minimum Gasteiger partial charge on any atom is -0.328 e. The highest BCUT2D eigenvalue weighted by atomic mass is 35.5. The number of hydrogen-bond donors (Lipinski definition) is 1. The van der Waals surface area contributed by atoms with Crippen molar-refractivity contribution in [1.29, 1.82) is 0 Å². The number of hydrogen-bond acceptors (Lipinski definition) is 4. The summed E-state index contributed by atoms with van der Waals surface area (Å²) in [7, 11) is 2.05. The maximum atomic E-state index is 6.26. The molecule has 0 aliphatic heterocycles. The van der Waals surface area contributed by atoms with Gasteiger partial charge in [-0.1, -0.05) is 29.3 Å². The highest BCUT2D eigenvalue weighted by Gasteiger charge is 2.32. The lowest BCUT2D eigenvalue weighted by atomic mass is 9.80. The van der Waals surface area contributed by atoms with Gasteiger partial charge < -0.3 is 10.3 Å². The Hall–Kier alpha value is -1.14. The molecule has 1 fully saturated rings. The van der Waals surface area contributed by atoms with Crippen molar-refractivity contribution in [2.75, 3.05) is 7.05 Å². The van der Waals surface area contributed by atoms with E-state index in [1.54, 1.807) is 6.07 Å². The van der Waals surface area contributed by atoms with Crippen LogP contribution in [-0.2, 0) is 19.6 Å². The highest BCUT2D eigenvalue weighted by Crippen LogP contribution is 2.35. The topological polar surface area (TPSA) is 60.0 Å². The lowest BCUT2D eigenvalue weighted by Gasteiger charge is -2.31. The molecule has 0 unspecified atom stereocenters. The van der Waals surface area contributed by atoms with Crippen molar-refractivity contribution in [3.63, 3.8) is 0 Å². The minimum atomic E-state index is 0.315. The summed E-state index contributed by atoms with van der Waals surface area (Å²) in [6, 6.07) is 5.92. The Morgan fingerprint density at radius 3 is 2.62 bits per heavy atom. The fraction of sp³-hybridized carbons (Fsp3) is 0.529. The van der Waals surface area contributed by atoms with Crippen molar-refractivity contribution in [3.05, 3.63) is 45.5 Å². The Labute approximate surface area is 152 Å². The van der Waals surface area contributed by atoms with E-state index in [1.165, 1.54) is 0 Å². The summed E-state index contributed by atoms with van der Waals surface area (Å²) in [4.78, 5) is 2.18. The van der Waals surface area contributed by atoms with Gasteiger partial charge in [0.15, 0.2) is 0 Å². The van der Waals surface area contributed by atoms with Crippen LogP contribution in [0.2, 0.25) is 10.0 Å². The molecular formula is C17H23Cl2N5. The van der Waals surface area contributed by atoms with E-state index >= 15 is 0 Å². The van der Waals surface area contributed by atoms with Gasteiger partial charge in [-0.25, -0.2) is 0 Å². The Kier molecular flexibility index (Phi) is 5.45. The molecule has 1 aliphatic rings. The van der Waals surface area contributed by atoms with Crippen LogP contribution in [0.15, 0.2) is 18.2 Å². The second-order valence-electron chi connectivity index (χ2n) is 6.56. The van der Waals surface area contributed by atoms with Crippen LogP contribution in [0.3, 0.4) is 0 Å². The Morgan fingerprint density at radius 2 is 2.00 bits per heavy atom. The first-order valence-electron chi connectivity index (χ1n) is 8.28. The van der Waals surface area contributed by atoms with Gasteiger partial charge in [-0.3, -0.25) is 4.90 Å². The number of rotatable bonds is 6. The van der Waals surface area contributed by atoms with E-state index in [9.17, 15) is 0 Å². The number of halogens is 2. The second-order valence-corrected chi connectivity index (χ2v) is 7.40. The summed E-state index contributed by atoms with van der Waals surface area (Å²) < 4.78 is 2.22. The molecule has 0 amide bonds. The van der Waals surface area contributed by atoms with E-state index in [1.807, 2.05) is 12.1 Å². The van der Waals surface area contributed by atoms with Crippen molar-refractivity contribution >= 4 is 23.2 Å². The average Bonchev–Trinajstić information content (AvgIpc) is 2.89. The zero-order valence-electron chi connectivity index (χ0n) is 14.0. The molecule has 2 N–H and O–H groups in total. The third-order valence-corrected chi connectivity index (χ3v) is 5.17. The lowest BCUT2D eigenvalue weighted by Crippen LogP contribution is -2.36. The van der Waals surface area contributed by atoms with Gasteiger partial charge >= 0.3 is 0 Å². The van der Waals surface area contributed by atoms with Crippen LogP contribution < -0.4 is 5.73 Å². The molecule has 0 radical (unpaired) electrons. The number of nitrogens with two attached hydrogens (primary N) is 1. The molecule has 5 nitrogen and oxygen atoms in total. The summed E-state index contributed by atoms with van der Waals surface area (Å²) in [5.74, 6) is 2.52. The predicted octanol–water partition coefficient (Wildman–Crippen LogP) is 3.44. The van der Waals surface area contributed by atoms with Crippen molar-refractivity contribution in [2.45, 2.75) is 51.4 Å². The predicted molar refractivity (Wildman–Crippen MR) is 97.3 cm³/mol. The maximum absolute atomic E-state index is 6.26. The quantitative estimate of drug-likeness (QED) is 0.849. The van der Waals surface area contributed by atoms with Crippen molar-refractivity contribution in [3.8, 4) is 0 Å². The van der Waals surface area contributed by atoms with Crippen LogP contribution in [0.4, 0.5) is 0 Å². The largest absolute Gasteiger partial charge is 0.328 e. The van der Waals surface area contributed by atoms with Crippen LogP contribution >= 0.6 is 23.2 Å². The van der Waals surface area contributed by atoms with Crippen LogP contribution in [0.5, 0.6) is 0 Å². The first kappa shape index (κ1) is 17.7. The molecule has 1 saturated carbocycles. The number of aromatic nitrogens is 3. The molecule has 130 valence electrons. The monoisotopic (exact) mass is 367 g/mol. The first-order chi connectivity index (χ1) is 11.5. The lowest BCUT2D eigenvalue weighted by molar-refractivity contribution is 0.299. The normalized spacial score (nSPS) is 20.4. The minimum absolute atomic E-state index is 0.315. The highest BCUT2D eigenvalue weighted by molar-refractivity contribution is 6.35. The van der Waals surface area contributed by atoms with Gasteiger partial charge in [0.05, 0.1) is 6.54 Å². The van der Waals surface area contributed by atoms with Crippen LogP contribution in [0.25, 0.3) is 0 Å². The van der Waals surface area contributed by atoms with E-state index in [0.717, 1.165) is 49.7 Å². The van der Waals surface area contributed by atoms with Crippen LogP contribution in [0.1, 0.15) is 42.9 Å². The molecule has 0 atom stereocenters. The van der Waals surface area contributed by atoms with Gasteiger partial charge in [0.1, 0.15) is 11.6 Å². The molecule has 2 aromatic rings. The first-order valence-corrected chi connectivity index (χ1v) is 9.03. The van der Waals surface area contributed by atoms with Crippen molar-refractivity contribution < 1.29 is 0 Å².